The summed E-state index contributed by atoms with van der Waals surface area (Å²) in [5.74, 6) is 0. The first-order valence-electron chi connectivity index (χ1n) is 2.50. The molecule has 0 bridgehead atoms. The monoisotopic (exact) mass is 170 g/mol. The largest absolute Gasteiger partial charge is 0.203 e. The van der Waals surface area contributed by atoms with Gasteiger partial charge in [0, 0.05) is 6.07 Å². The predicted octanol–water partition coefficient (Wildman–Crippen LogP) is 3.21. The molecule has 0 fully saturated rings. The molecule has 0 aliphatic rings. The van der Waals surface area contributed by atoms with Crippen molar-refractivity contribution in [1.29, 1.82) is 5.53 Å². The van der Waals surface area contributed by atoms with E-state index in [2.05, 4.69) is 15.5 Å². The van der Waals surface area contributed by atoms with Gasteiger partial charge in [-0.3, -0.25) is 0 Å². The Hall–Kier alpha value is -1.50. The van der Waals surface area contributed by atoms with Gasteiger partial charge in [-0.15, -0.1) is 14.9 Å². The van der Waals surface area contributed by atoms with E-state index in [-0.39, 0.29) is 15.7 Å². The number of rotatable bonds is 3. The molecule has 1 aromatic rings. The van der Waals surface area contributed by atoms with E-state index in [0.29, 0.717) is 0 Å². The molecule has 1 N–H and O–H groups in total. The molecule has 0 aromatic carbocycles. The first kappa shape index (κ1) is 7.61. The molecular weight excluding hydrogens is 168 g/mol. The van der Waals surface area contributed by atoms with Crippen molar-refractivity contribution in [1.82, 2.24) is 0 Å². The Morgan fingerprint density at radius 2 is 2.09 bits per heavy atom. The summed E-state index contributed by atoms with van der Waals surface area (Å²) in [5, 5.41) is 8.33. The second kappa shape index (κ2) is 3.06. The maximum absolute atomic E-state index is 9.99. The van der Waals surface area contributed by atoms with E-state index in [1.54, 1.807) is 0 Å². The summed E-state index contributed by atoms with van der Waals surface area (Å²) in [6.07, 6.45) is 0. The van der Waals surface area contributed by atoms with E-state index in [0.717, 1.165) is 11.3 Å². The molecule has 1 rings (SSSR count). The third-order valence-electron chi connectivity index (χ3n) is 0.970. The van der Waals surface area contributed by atoms with E-state index in [4.69, 9.17) is 5.53 Å². The average molecular weight is 170 g/mol. The summed E-state index contributed by atoms with van der Waals surface area (Å²) in [4.78, 5) is 19.9. The van der Waals surface area contributed by atoms with Crippen LogP contribution in [0, 0.1) is 15.3 Å². The molecule has 11 heavy (non-hydrogen) atoms. The molecule has 0 aliphatic heterocycles. The van der Waals surface area contributed by atoms with Crippen molar-refractivity contribution >= 4 is 27.0 Å². The van der Waals surface area contributed by atoms with Crippen molar-refractivity contribution in [2.75, 3.05) is 0 Å². The van der Waals surface area contributed by atoms with Crippen LogP contribution in [0.2, 0.25) is 0 Å². The highest BCUT2D eigenvalue weighted by Gasteiger charge is 2.08. The van der Waals surface area contributed by atoms with Crippen LogP contribution in [0.25, 0.3) is 0 Å². The third-order valence-corrected chi connectivity index (χ3v) is 1.87. The molecule has 0 saturated carbocycles. The summed E-state index contributed by atoms with van der Waals surface area (Å²) in [6.45, 7) is 0. The minimum Gasteiger partial charge on any atom is -0.203 e. The number of nitrogens with one attached hydrogen (secondary N) is 1. The van der Waals surface area contributed by atoms with Gasteiger partial charge >= 0.3 is 0 Å². The molecule has 1 aromatic heterocycles. The summed E-state index contributed by atoms with van der Waals surface area (Å²) in [5.41, 5.74) is 6.55. The predicted molar refractivity (Wildman–Crippen MR) is 40.0 cm³/mol. The molecule has 0 aliphatic carbocycles. The maximum atomic E-state index is 9.99. The first-order valence-corrected chi connectivity index (χ1v) is 3.31. The van der Waals surface area contributed by atoms with Crippen molar-refractivity contribution in [2.45, 2.75) is 0 Å². The fourth-order valence-corrected chi connectivity index (χ4v) is 1.20. The summed E-state index contributed by atoms with van der Waals surface area (Å²) < 4.78 is 0. The molecule has 0 unspecified atom stereocenters. The molecule has 0 spiro atoms. The topological polar surface area (TPSA) is 95.1 Å². The van der Waals surface area contributed by atoms with E-state index in [1.165, 1.54) is 6.07 Å². The smallest absolute Gasteiger partial charge is 0.169 e. The van der Waals surface area contributed by atoms with Crippen LogP contribution in [0.15, 0.2) is 21.5 Å². The number of hydrogen-bond acceptors (Lipinski definition) is 7. The SMILES string of the molecule is N=Nc1sc(N=O)cc1N=O. The van der Waals surface area contributed by atoms with Gasteiger partial charge in [0.15, 0.2) is 10.0 Å². The minimum absolute atomic E-state index is 0.0143. The van der Waals surface area contributed by atoms with E-state index in [1.807, 2.05) is 0 Å². The van der Waals surface area contributed by atoms with Gasteiger partial charge < -0.3 is 0 Å². The van der Waals surface area contributed by atoms with Crippen molar-refractivity contribution < 1.29 is 0 Å². The van der Waals surface area contributed by atoms with Crippen molar-refractivity contribution in [2.24, 2.45) is 15.5 Å². The summed E-state index contributed by atoms with van der Waals surface area (Å²) in [7, 11) is 0. The van der Waals surface area contributed by atoms with Crippen LogP contribution in [0.4, 0.5) is 15.7 Å². The van der Waals surface area contributed by atoms with Gasteiger partial charge in [0.25, 0.3) is 0 Å². The minimum atomic E-state index is -0.0143. The highest BCUT2D eigenvalue weighted by atomic mass is 32.1. The first-order chi connectivity index (χ1) is 5.31. The quantitative estimate of drug-likeness (QED) is 0.556. The summed E-state index contributed by atoms with van der Waals surface area (Å²) >= 11 is 0.857. The standard InChI is InChI=1S/C4H2N4O2S/c5-6-4-2(7-9)1-3(8-10)11-4/h1,5H. The second-order valence-corrected chi connectivity index (χ2v) is 2.58. The third kappa shape index (κ3) is 1.32. The lowest BCUT2D eigenvalue weighted by Crippen LogP contribution is -1.48. The fourth-order valence-electron chi connectivity index (χ4n) is 0.550. The van der Waals surface area contributed by atoms with Crippen LogP contribution in [0.3, 0.4) is 0 Å². The Labute approximate surface area is 64.7 Å². The maximum Gasteiger partial charge on any atom is 0.169 e. The zero-order valence-electron chi connectivity index (χ0n) is 5.14. The zero-order chi connectivity index (χ0) is 8.27. The van der Waals surface area contributed by atoms with E-state index < -0.39 is 0 Å². The van der Waals surface area contributed by atoms with Crippen LogP contribution in [-0.4, -0.2) is 0 Å². The number of hydrogen-bond donors (Lipinski definition) is 1. The Bertz CT molecular complexity index is 282. The molecule has 56 valence electrons. The van der Waals surface area contributed by atoms with Crippen molar-refractivity contribution in [3.05, 3.63) is 15.9 Å². The van der Waals surface area contributed by atoms with Gasteiger partial charge in [-0.1, -0.05) is 11.3 Å². The average Bonchev–Trinajstić information content (AvgIpc) is 2.46. The summed E-state index contributed by atoms with van der Waals surface area (Å²) in [6, 6.07) is 1.19. The number of nitroso groups, excluding NO2 is 2. The zero-order valence-corrected chi connectivity index (χ0v) is 5.96. The molecule has 0 atom stereocenters. The lowest BCUT2D eigenvalue weighted by Gasteiger charge is -1.77. The van der Waals surface area contributed by atoms with Gasteiger partial charge in [0.05, 0.1) is 0 Å². The van der Waals surface area contributed by atoms with Gasteiger partial charge in [0.1, 0.15) is 5.69 Å². The Balaban J connectivity index is 3.21. The number of thiophene rings is 1. The molecule has 1 heterocycles. The Kier molecular flexibility index (Phi) is 2.12. The molecule has 0 amide bonds. The normalized spacial score (nSPS) is 9.09. The van der Waals surface area contributed by atoms with Crippen molar-refractivity contribution in [3.63, 3.8) is 0 Å². The van der Waals surface area contributed by atoms with Crippen LogP contribution >= 0.6 is 11.3 Å². The Morgan fingerprint density at radius 3 is 2.45 bits per heavy atom. The van der Waals surface area contributed by atoms with E-state index in [9.17, 15) is 9.81 Å². The highest BCUT2D eigenvalue weighted by Crippen LogP contribution is 2.41. The van der Waals surface area contributed by atoms with Crippen LogP contribution in [-0.2, 0) is 0 Å². The Morgan fingerprint density at radius 1 is 1.36 bits per heavy atom. The highest BCUT2D eigenvalue weighted by molar-refractivity contribution is 7.20. The lowest BCUT2D eigenvalue weighted by atomic mass is 10.5. The second-order valence-electron chi connectivity index (χ2n) is 1.57. The molecule has 0 radical (unpaired) electrons. The van der Waals surface area contributed by atoms with Gasteiger partial charge in [-0.25, -0.2) is 5.53 Å². The van der Waals surface area contributed by atoms with Gasteiger partial charge in [-0.05, 0) is 10.4 Å². The molecule has 7 heteroatoms. The number of nitrogens with zero attached hydrogens (tertiary/aromatic N) is 3. The fraction of sp³-hybridized carbons (Fsp3) is 0. The van der Waals surface area contributed by atoms with E-state index >= 15 is 0 Å². The van der Waals surface area contributed by atoms with Gasteiger partial charge in [0.2, 0.25) is 0 Å². The van der Waals surface area contributed by atoms with Gasteiger partial charge in [-0.2, -0.15) is 0 Å². The van der Waals surface area contributed by atoms with Crippen LogP contribution in [0.1, 0.15) is 0 Å². The lowest BCUT2D eigenvalue weighted by molar-refractivity contribution is 1.16. The molecular formula is C4H2N4O2S. The van der Waals surface area contributed by atoms with Crippen LogP contribution in [0.5, 0.6) is 0 Å². The van der Waals surface area contributed by atoms with Crippen molar-refractivity contribution in [3.8, 4) is 0 Å². The molecule has 6 nitrogen and oxygen atoms in total. The molecule has 0 saturated heterocycles. The van der Waals surface area contributed by atoms with Crippen LogP contribution < -0.4 is 0 Å².